The molecule has 2 aliphatic heterocycles. The number of nitrogens with one attached hydrogen (secondary N) is 2. The van der Waals surface area contributed by atoms with Crippen LogP contribution in [0.1, 0.15) is 25.3 Å². The molecule has 2 heterocycles. The molecular formula is C25H28F3N5O3. The number of likely N-dealkylation sites (tertiary alicyclic amines) is 1. The number of rotatable bonds is 5. The summed E-state index contributed by atoms with van der Waals surface area (Å²) in [6.45, 7) is 2.75. The van der Waals surface area contributed by atoms with Crippen LogP contribution >= 0.6 is 0 Å². The van der Waals surface area contributed by atoms with E-state index in [4.69, 9.17) is 0 Å². The summed E-state index contributed by atoms with van der Waals surface area (Å²) in [6.07, 6.45) is -4.04. The number of halogens is 3. The monoisotopic (exact) mass is 503 g/mol. The van der Waals surface area contributed by atoms with Crippen molar-refractivity contribution in [3.63, 3.8) is 0 Å². The largest absolute Gasteiger partial charge is 0.418 e. The third-order valence-corrected chi connectivity index (χ3v) is 6.64. The normalized spacial score (nSPS) is 17.4. The number of amides is 4. The molecule has 2 fully saturated rings. The number of carbonyl (C=O) groups is 3. The second kappa shape index (κ2) is 10.1. The van der Waals surface area contributed by atoms with Crippen LogP contribution in [0.5, 0.6) is 0 Å². The lowest BCUT2D eigenvalue weighted by atomic mass is 9.85. The molecule has 8 nitrogen and oxygen atoms in total. The Labute approximate surface area is 207 Å². The van der Waals surface area contributed by atoms with Gasteiger partial charge in [-0.25, -0.2) is 4.79 Å². The van der Waals surface area contributed by atoms with Gasteiger partial charge in [-0.1, -0.05) is 30.3 Å². The molecule has 11 heteroatoms. The molecule has 2 aliphatic rings. The van der Waals surface area contributed by atoms with Gasteiger partial charge in [0.15, 0.2) is 0 Å². The molecule has 2 saturated heterocycles. The Balaban J connectivity index is 1.51. The zero-order valence-corrected chi connectivity index (χ0v) is 19.8. The molecule has 2 N–H and O–H groups in total. The van der Waals surface area contributed by atoms with Gasteiger partial charge in [0.2, 0.25) is 5.91 Å². The number of urea groups is 1. The second-order valence-corrected chi connectivity index (χ2v) is 8.85. The molecule has 0 atom stereocenters. The van der Waals surface area contributed by atoms with E-state index in [9.17, 15) is 27.6 Å². The maximum Gasteiger partial charge on any atom is 0.418 e. The number of carbonyl (C=O) groups excluding carboxylic acids is 3. The van der Waals surface area contributed by atoms with E-state index < -0.39 is 23.3 Å². The van der Waals surface area contributed by atoms with Gasteiger partial charge in [-0.15, -0.1) is 0 Å². The highest BCUT2D eigenvalue weighted by molar-refractivity contribution is 5.97. The Bertz CT molecular complexity index is 1120. The zero-order chi connectivity index (χ0) is 25.9. The third kappa shape index (κ3) is 4.95. The van der Waals surface area contributed by atoms with Crippen LogP contribution in [-0.4, -0.2) is 66.0 Å². The fraction of sp³-hybridized carbons (Fsp3) is 0.400. The number of benzene rings is 2. The molecule has 192 valence electrons. The van der Waals surface area contributed by atoms with E-state index in [1.807, 2.05) is 35.2 Å². The number of piperidine rings is 1. The first-order valence-corrected chi connectivity index (χ1v) is 11.8. The summed E-state index contributed by atoms with van der Waals surface area (Å²) >= 11 is 0. The highest BCUT2D eigenvalue weighted by atomic mass is 19.4. The smallest absolute Gasteiger partial charge is 0.355 e. The number of alkyl halides is 3. The lowest BCUT2D eigenvalue weighted by Crippen LogP contribution is -2.58. The van der Waals surface area contributed by atoms with Gasteiger partial charge in [-0.2, -0.15) is 13.2 Å². The summed E-state index contributed by atoms with van der Waals surface area (Å²) in [5, 5.41) is 5.08. The lowest BCUT2D eigenvalue weighted by Gasteiger charge is -2.43. The molecule has 0 unspecified atom stereocenters. The van der Waals surface area contributed by atoms with Crippen molar-refractivity contribution in [1.29, 1.82) is 0 Å². The average Bonchev–Trinajstić information content (AvgIpc) is 3.11. The van der Waals surface area contributed by atoms with Crippen LogP contribution in [-0.2, 0) is 15.8 Å². The van der Waals surface area contributed by atoms with E-state index >= 15 is 0 Å². The SMILES string of the molecule is CCNC(=O)CN1CN(c2ccccc2)C2(CCN(C(=O)Nc3ccccc3C(F)(F)F)CC2)C1=O. The Morgan fingerprint density at radius 1 is 1.00 bits per heavy atom. The summed E-state index contributed by atoms with van der Waals surface area (Å²) in [5.74, 6) is -0.448. The maximum absolute atomic E-state index is 13.6. The van der Waals surface area contributed by atoms with Crippen molar-refractivity contribution >= 4 is 29.2 Å². The molecule has 4 rings (SSSR count). The van der Waals surface area contributed by atoms with Crippen molar-refractivity contribution in [2.45, 2.75) is 31.5 Å². The van der Waals surface area contributed by atoms with Crippen molar-refractivity contribution < 1.29 is 27.6 Å². The zero-order valence-electron chi connectivity index (χ0n) is 19.8. The number of para-hydroxylation sites is 2. The van der Waals surface area contributed by atoms with Gasteiger partial charge >= 0.3 is 12.2 Å². The fourth-order valence-corrected chi connectivity index (χ4v) is 4.86. The van der Waals surface area contributed by atoms with Crippen LogP contribution in [0, 0.1) is 0 Å². The number of likely N-dealkylation sites (N-methyl/N-ethyl adjacent to an activating group) is 1. The minimum absolute atomic E-state index is 0.0732. The molecule has 0 bridgehead atoms. The summed E-state index contributed by atoms with van der Waals surface area (Å²) in [7, 11) is 0. The highest BCUT2D eigenvalue weighted by Crippen LogP contribution is 2.40. The molecule has 0 saturated carbocycles. The van der Waals surface area contributed by atoms with Crippen molar-refractivity contribution in [1.82, 2.24) is 15.1 Å². The van der Waals surface area contributed by atoms with E-state index in [2.05, 4.69) is 10.6 Å². The number of hydrogen-bond donors (Lipinski definition) is 2. The lowest BCUT2D eigenvalue weighted by molar-refractivity contribution is -0.137. The van der Waals surface area contributed by atoms with Crippen molar-refractivity contribution in [2.75, 3.05) is 43.1 Å². The van der Waals surface area contributed by atoms with E-state index in [0.29, 0.717) is 6.54 Å². The fourth-order valence-electron chi connectivity index (χ4n) is 4.86. The molecule has 36 heavy (non-hydrogen) atoms. The van der Waals surface area contributed by atoms with Crippen LogP contribution < -0.4 is 15.5 Å². The first kappa shape index (κ1) is 25.3. The Hall–Kier alpha value is -3.76. The summed E-state index contributed by atoms with van der Waals surface area (Å²) < 4.78 is 40.0. The molecule has 1 spiro atoms. The van der Waals surface area contributed by atoms with Crippen LogP contribution in [0.2, 0.25) is 0 Å². The minimum Gasteiger partial charge on any atom is -0.355 e. The molecular weight excluding hydrogens is 475 g/mol. The minimum atomic E-state index is -4.60. The van der Waals surface area contributed by atoms with Gasteiger partial charge in [0, 0.05) is 25.3 Å². The standard InChI is InChI=1S/C25H28F3N5O3/c1-2-29-21(34)16-32-17-33(18-8-4-3-5-9-18)24(22(32)35)12-14-31(15-13-24)23(36)30-20-11-7-6-10-19(20)25(26,27)28/h3-11H,2,12-17H2,1H3,(H,29,34)(H,30,36). The van der Waals surface area contributed by atoms with Gasteiger partial charge in [0.1, 0.15) is 12.1 Å². The molecule has 0 aliphatic carbocycles. The molecule has 2 aromatic carbocycles. The van der Waals surface area contributed by atoms with Crippen LogP contribution in [0.3, 0.4) is 0 Å². The van der Waals surface area contributed by atoms with E-state index in [1.54, 1.807) is 6.92 Å². The molecule has 0 radical (unpaired) electrons. The van der Waals surface area contributed by atoms with Crippen molar-refractivity contribution in [3.8, 4) is 0 Å². The Morgan fingerprint density at radius 2 is 1.64 bits per heavy atom. The summed E-state index contributed by atoms with van der Waals surface area (Å²) in [4.78, 5) is 43.5. The van der Waals surface area contributed by atoms with Gasteiger partial charge in [-0.05, 0) is 44.0 Å². The van der Waals surface area contributed by atoms with Gasteiger partial charge in [0.05, 0.1) is 17.9 Å². The first-order valence-electron chi connectivity index (χ1n) is 11.8. The van der Waals surface area contributed by atoms with Gasteiger partial charge < -0.3 is 25.3 Å². The molecule has 2 aromatic rings. The number of nitrogens with zero attached hydrogens (tertiary/aromatic N) is 3. The van der Waals surface area contributed by atoms with Crippen LogP contribution in [0.25, 0.3) is 0 Å². The maximum atomic E-state index is 13.6. The summed E-state index contributed by atoms with van der Waals surface area (Å²) in [6, 6.07) is 13.5. The summed E-state index contributed by atoms with van der Waals surface area (Å²) in [5.41, 5.74) is -1.37. The first-order chi connectivity index (χ1) is 17.2. The Kier molecular flexibility index (Phi) is 7.09. The predicted molar refractivity (Wildman–Crippen MR) is 128 cm³/mol. The average molecular weight is 504 g/mol. The molecule has 0 aromatic heterocycles. The van der Waals surface area contributed by atoms with E-state index in [-0.39, 0.29) is 56.6 Å². The van der Waals surface area contributed by atoms with E-state index in [1.165, 1.54) is 28.0 Å². The van der Waals surface area contributed by atoms with Gasteiger partial charge in [-0.3, -0.25) is 9.59 Å². The van der Waals surface area contributed by atoms with Crippen LogP contribution in [0.4, 0.5) is 29.3 Å². The second-order valence-electron chi connectivity index (χ2n) is 8.85. The van der Waals surface area contributed by atoms with Crippen molar-refractivity contribution in [2.24, 2.45) is 0 Å². The quantitative estimate of drug-likeness (QED) is 0.654. The molecule has 4 amide bonds. The van der Waals surface area contributed by atoms with Gasteiger partial charge in [0.25, 0.3) is 5.91 Å². The Morgan fingerprint density at radius 3 is 2.28 bits per heavy atom. The third-order valence-electron chi connectivity index (χ3n) is 6.64. The van der Waals surface area contributed by atoms with Crippen molar-refractivity contribution in [3.05, 3.63) is 60.2 Å². The number of hydrogen-bond acceptors (Lipinski definition) is 4. The predicted octanol–water partition coefficient (Wildman–Crippen LogP) is 3.51. The number of anilines is 2. The van der Waals surface area contributed by atoms with Crippen LogP contribution in [0.15, 0.2) is 54.6 Å². The topological polar surface area (TPSA) is 85.0 Å². The highest BCUT2D eigenvalue weighted by Gasteiger charge is 2.54. The van der Waals surface area contributed by atoms with E-state index in [0.717, 1.165) is 11.8 Å².